The lowest BCUT2D eigenvalue weighted by Gasteiger charge is -2.22. The van der Waals surface area contributed by atoms with E-state index in [1.165, 1.54) is 38.5 Å². The molecule has 1 N–H and O–H groups in total. The van der Waals surface area contributed by atoms with Crippen LogP contribution in [0.5, 0.6) is 0 Å². The molecular formula is C15H25F6N3O5S2. The fourth-order valence-corrected chi connectivity index (χ4v) is 3.82. The number of imidazole rings is 1. The zero-order chi connectivity index (χ0) is 24.3. The molecule has 0 saturated carbocycles. The molecule has 0 fully saturated rings. The van der Waals surface area contributed by atoms with Crippen LogP contribution in [0.15, 0.2) is 18.7 Å². The summed E-state index contributed by atoms with van der Waals surface area (Å²) in [5.74, 6) is 0. The zero-order valence-electron chi connectivity index (χ0n) is 16.6. The molecule has 1 rings (SSSR count). The van der Waals surface area contributed by atoms with Crippen LogP contribution in [-0.4, -0.2) is 44.1 Å². The quantitative estimate of drug-likeness (QED) is 0.282. The first-order valence-electron chi connectivity index (χ1n) is 9.10. The Hall–Kier alpha value is -1.39. The standard InChI is InChI=1S/C13H25N2O.C2F6NO4S2/c1-2-3-4-5-6-7-8-14-9-10-15(13-14)11-12-16;3-1(4,5)14(10,11)9-15(12,13)2(6,7)8/h9-10,13,16H,2-8,11-12H2,1H3;/q+1;-1. The van der Waals surface area contributed by atoms with Crippen LogP contribution in [0.25, 0.3) is 4.13 Å². The van der Waals surface area contributed by atoms with Gasteiger partial charge < -0.3 is 9.23 Å². The zero-order valence-corrected chi connectivity index (χ0v) is 18.2. The van der Waals surface area contributed by atoms with E-state index in [0.717, 1.165) is 10.7 Å². The number of aryl methyl sites for hydroxylation is 1. The molecule has 16 heteroatoms. The molecule has 31 heavy (non-hydrogen) atoms. The van der Waals surface area contributed by atoms with E-state index in [1.54, 1.807) is 0 Å². The van der Waals surface area contributed by atoms with E-state index in [4.69, 9.17) is 5.11 Å². The lowest BCUT2D eigenvalue weighted by atomic mass is 10.1. The number of halogens is 6. The number of unbranched alkanes of at least 4 members (excludes halogenated alkanes) is 5. The van der Waals surface area contributed by atoms with Crippen LogP contribution >= 0.6 is 0 Å². The van der Waals surface area contributed by atoms with Crippen molar-refractivity contribution in [2.75, 3.05) is 6.61 Å². The summed E-state index contributed by atoms with van der Waals surface area (Å²) in [6.45, 7) is 4.26. The number of aliphatic hydroxyl groups excluding tert-OH is 1. The van der Waals surface area contributed by atoms with Gasteiger partial charge >= 0.3 is 11.0 Å². The van der Waals surface area contributed by atoms with Gasteiger partial charge in [-0.2, -0.15) is 26.3 Å². The van der Waals surface area contributed by atoms with Gasteiger partial charge in [0.15, 0.2) is 20.0 Å². The van der Waals surface area contributed by atoms with E-state index in [1.807, 2.05) is 10.8 Å². The van der Waals surface area contributed by atoms with Crippen molar-refractivity contribution >= 4 is 20.0 Å². The number of nitrogens with zero attached hydrogens (tertiary/aromatic N) is 3. The molecular weight excluding hydrogens is 480 g/mol. The molecule has 0 spiro atoms. The summed E-state index contributed by atoms with van der Waals surface area (Å²) in [5, 5.41) is 8.80. The Morgan fingerprint density at radius 1 is 0.903 bits per heavy atom. The summed E-state index contributed by atoms with van der Waals surface area (Å²) >= 11 is 0. The summed E-state index contributed by atoms with van der Waals surface area (Å²) in [6.07, 6.45) is 14.2. The highest BCUT2D eigenvalue weighted by atomic mass is 32.3. The molecule has 0 aliphatic carbocycles. The van der Waals surface area contributed by atoms with Gasteiger partial charge in [-0.05, 0) is 12.8 Å². The monoisotopic (exact) mass is 505 g/mol. The first-order valence-corrected chi connectivity index (χ1v) is 12.0. The second kappa shape index (κ2) is 12.6. The van der Waals surface area contributed by atoms with Crippen LogP contribution in [0.4, 0.5) is 26.3 Å². The third-order valence-electron chi connectivity index (χ3n) is 3.66. The lowest BCUT2D eigenvalue weighted by molar-refractivity contribution is -0.696. The van der Waals surface area contributed by atoms with E-state index >= 15 is 0 Å². The maximum atomic E-state index is 11.4. The van der Waals surface area contributed by atoms with Crippen molar-refractivity contribution in [2.24, 2.45) is 0 Å². The molecule has 0 bridgehead atoms. The van der Waals surface area contributed by atoms with Gasteiger partial charge in [0.05, 0.1) is 13.2 Å². The lowest BCUT2D eigenvalue weighted by Crippen LogP contribution is -2.30. The molecule has 0 aromatic carbocycles. The first-order chi connectivity index (χ1) is 14.1. The van der Waals surface area contributed by atoms with Crippen LogP contribution in [0.1, 0.15) is 45.4 Å². The summed E-state index contributed by atoms with van der Waals surface area (Å²) < 4.78 is 113. The molecule has 0 amide bonds. The molecule has 8 nitrogen and oxygen atoms in total. The number of hydrogen-bond donors (Lipinski definition) is 1. The number of aliphatic hydroxyl groups is 1. The molecule has 184 valence electrons. The van der Waals surface area contributed by atoms with E-state index in [9.17, 15) is 43.2 Å². The topological polar surface area (TPSA) is 111 Å². The number of sulfonamides is 2. The van der Waals surface area contributed by atoms with Gasteiger partial charge in [0.1, 0.15) is 18.9 Å². The third-order valence-corrected chi connectivity index (χ3v) is 6.40. The minimum atomic E-state index is -6.72. The molecule has 0 saturated heterocycles. The average molecular weight is 506 g/mol. The van der Waals surface area contributed by atoms with Crippen molar-refractivity contribution < 1.29 is 52.9 Å². The van der Waals surface area contributed by atoms with Crippen LogP contribution in [-0.2, 0) is 33.1 Å². The van der Waals surface area contributed by atoms with Crippen LogP contribution in [0, 0.1) is 0 Å². The molecule has 0 radical (unpaired) electrons. The van der Waals surface area contributed by atoms with Crippen molar-refractivity contribution in [3.8, 4) is 0 Å². The SMILES string of the molecule is CCCCCCCC[n+]1ccn(CCO)c1.O=S(=O)([N-]S(=O)(=O)C(F)(F)F)C(F)(F)F. The molecule has 1 aromatic rings. The van der Waals surface area contributed by atoms with Gasteiger partial charge in [-0.3, -0.25) is 0 Å². The van der Waals surface area contributed by atoms with Gasteiger partial charge in [0, 0.05) is 0 Å². The normalized spacial score (nSPS) is 13.0. The van der Waals surface area contributed by atoms with Crippen molar-refractivity contribution in [3.05, 3.63) is 22.8 Å². The summed E-state index contributed by atoms with van der Waals surface area (Å²) in [7, 11) is -13.4. The Labute approximate surface area is 177 Å². The molecule has 1 aromatic heterocycles. The Morgan fingerprint density at radius 3 is 1.84 bits per heavy atom. The summed E-state index contributed by atoms with van der Waals surface area (Å²) in [6, 6.07) is 0. The highest BCUT2D eigenvalue weighted by molar-refractivity contribution is 8.13. The van der Waals surface area contributed by atoms with Crippen molar-refractivity contribution in [3.63, 3.8) is 0 Å². The first kappa shape index (κ1) is 29.6. The van der Waals surface area contributed by atoms with E-state index in [2.05, 4.69) is 24.0 Å². The maximum absolute atomic E-state index is 11.4. The number of alkyl halides is 6. The van der Waals surface area contributed by atoms with Gasteiger partial charge in [-0.25, -0.2) is 26.0 Å². The minimum absolute atomic E-state index is 0.214. The van der Waals surface area contributed by atoms with E-state index in [-0.39, 0.29) is 6.61 Å². The van der Waals surface area contributed by atoms with Crippen molar-refractivity contribution in [1.82, 2.24) is 4.57 Å². The summed E-state index contributed by atoms with van der Waals surface area (Å²) in [4.78, 5) is 0. The molecule has 0 atom stereocenters. The third kappa shape index (κ3) is 11.2. The smallest absolute Gasteiger partial charge is 0.421 e. The second-order valence-corrected chi connectivity index (χ2v) is 9.72. The number of hydrogen-bond acceptors (Lipinski definition) is 5. The minimum Gasteiger partial charge on any atom is -0.421 e. The molecule has 0 unspecified atom stereocenters. The van der Waals surface area contributed by atoms with Crippen LogP contribution in [0.2, 0.25) is 0 Å². The van der Waals surface area contributed by atoms with Crippen molar-refractivity contribution in [1.29, 1.82) is 0 Å². The Morgan fingerprint density at radius 2 is 1.39 bits per heavy atom. The Balaban J connectivity index is 0.000000582. The van der Waals surface area contributed by atoms with Gasteiger partial charge in [-0.15, -0.1) is 0 Å². The average Bonchev–Trinajstić information content (AvgIpc) is 3.03. The molecule has 0 aliphatic rings. The molecule has 1 heterocycles. The van der Waals surface area contributed by atoms with Crippen LogP contribution in [0.3, 0.4) is 0 Å². The highest BCUT2D eigenvalue weighted by Crippen LogP contribution is 2.36. The Kier molecular flexibility index (Phi) is 12.0. The summed E-state index contributed by atoms with van der Waals surface area (Å²) in [5.41, 5.74) is -12.4. The second-order valence-electron chi connectivity index (χ2n) is 6.30. The predicted octanol–water partition coefficient (Wildman–Crippen LogP) is 3.19. The van der Waals surface area contributed by atoms with E-state index < -0.39 is 31.1 Å². The van der Waals surface area contributed by atoms with Gasteiger partial charge in [0.2, 0.25) is 6.33 Å². The van der Waals surface area contributed by atoms with E-state index in [0.29, 0.717) is 6.54 Å². The molecule has 0 aliphatic heterocycles. The fraction of sp³-hybridized carbons (Fsp3) is 0.800. The largest absolute Gasteiger partial charge is 0.480 e. The van der Waals surface area contributed by atoms with Crippen molar-refractivity contribution in [2.45, 2.75) is 69.6 Å². The maximum Gasteiger partial charge on any atom is 0.480 e. The number of rotatable bonds is 11. The number of aromatic nitrogens is 2. The van der Waals surface area contributed by atoms with Gasteiger partial charge in [-0.1, -0.05) is 32.6 Å². The Bertz CT molecular complexity index is 809. The fourth-order valence-electron chi connectivity index (χ4n) is 2.11. The van der Waals surface area contributed by atoms with Crippen LogP contribution < -0.4 is 4.57 Å². The predicted molar refractivity (Wildman–Crippen MR) is 98.4 cm³/mol. The van der Waals surface area contributed by atoms with Gasteiger partial charge in [0.25, 0.3) is 0 Å². The highest BCUT2D eigenvalue weighted by Gasteiger charge is 2.46.